The van der Waals surface area contributed by atoms with E-state index in [-0.39, 0.29) is 24.6 Å². The van der Waals surface area contributed by atoms with Gasteiger partial charge in [-0.3, -0.25) is 14.5 Å². The Morgan fingerprint density at radius 3 is 2.32 bits per heavy atom. The molecule has 0 bridgehead atoms. The minimum Gasteiger partial charge on any atom is -0.497 e. The lowest BCUT2D eigenvalue weighted by molar-refractivity contribution is -0.129. The molecule has 4 rings (SSSR count). The number of carbonyl (C=O) groups is 2. The van der Waals surface area contributed by atoms with E-state index >= 15 is 0 Å². The van der Waals surface area contributed by atoms with Crippen LogP contribution in [0, 0.1) is 0 Å². The van der Waals surface area contributed by atoms with Crippen molar-refractivity contribution >= 4 is 63.3 Å². The van der Waals surface area contributed by atoms with Crippen molar-refractivity contribution < 1.29 is 27.8 Å². The Bertz CT molecular complexity index is 1320. The monoisotopic (exact) mass is 579 g/mol. The first-order chi connectivity index (χ1) is 18.1. The fraction of sp³-hybridized carbons (Fsp3) is 0.192. The van der Waals surface area contributed by atoms with E-state index in [1.54, 1.807) is 43.5 Å². The summed E-state index contributed by atoms with van der Waals surface area (Å²) in [5.74, 6) is -0.194. The molecule has 1 aliphatic heterocycles. The molecule has 3 aromatic carbocycles. The fourth-order valence-electron chi connectivity index (χ4n) is 3.50. The van der Waals surface area contributed by atoms with Crippen LogP contribution in [-0.4, -0.2) is 39.8 Å². The summed E-state index contributed by atoms with van der Waals surface area (Å²) < 4.78 is 35.1. The highest BCUT2D eigenvalue weighted by molar-refractivity contribution is 8.15. The van der Waals surface area contributed by atoms with Gasteiger partial charge in [0.1, 0.15) is 16.7 Å². The van der Waals surface area contributed by atoms with Gasteiger partial charge in [0.2, 0.25) is 11.8 Å². The third-order valence-electron chi connectivity index (χ3n) is 5.34. The molecule has 1 aliphatic rings. The van der Waals surface area contributed by atoms with Gasteiger partial charge in [-0.2, -0.15) is 0 Å². The van der Waals surface area contributed by atoms with Gasteiger partial charge in [0.25, 0.3) is 0 Å². The molecule has 1 atom stereocenters. The highest BCUT2D eigenvalue weighted by atomic mass is 35.5. The number of nitrogens with one attached hydrogen (secondary N) is 1. The third kappa shape index (κ3) is 7.59. The van der Waals surface area contributed by atoms with E-state index in [2.05, 4.69) is 15.0 Å². The number of nitrogens with zero attached hydrogens (tertiary/aromatic N) is 2. The van der Waals surface area contributed by atoms with Gasteiger partial charge in [0.05, 0.1) is 19.3 Å². The normalized spacial score (nSPS) is 16.9. The van der Waals surface area contributed by atoms with Crippen molar-refractivity contribution in [3.8, 4) is 11.5 Å². The Hall–Kier alpha value is -3.34. The van der Waals surface area contributed by atoms with E-state index in [0.29, 0.717) is 27.3 Å². The zero-order valence-electron chi connectivity index (χ0n) is 19.9. The van der Waals surface area contributed by atoms with Crippen molar-refractivity contribution in [1.29, 1.82) is 0 Å². The summed E-state index contributed by atoms with van der Waals surface area (Å²) in [6.45, 7) is 0.253. The van der Waals surface area contributed by atoms with E-state index in [9.17, 15) is 18.4 Å². The Kier molecular flexibility index (Phi) is 8.76. The number of benzene rings is 3. The lowest BCUT2D eigenvalue weighted by atomic mass is 10.2. The van der Waals surface area contributed by atoms with Crippen LogP contribution in [-0.2, 0) is 16.1 Å². The Balaban J connectivity index is 1.53. The molecule has 2 amide bonds. The molecule has 0 spiro atoms. The van der Waals surface area contributed by atoms with E-state index < -0.39 is 16.7 Å². The van der Waals surface area contributed by atoms with E-state index in [0.717, 1.165) is 17.3 Å². The quantitative estimate of drug-likeness (QED) is 0.301. The van der Waals surface area contributed by atoms with E-state index in [1.807, 2.05) is 12.1 Å². The summed E-state index contributed by atoms with van der Waals surface area (Å²) in [4.78, 5) is 32.4. The Morgan fingerprint density at radius 1 is 1.08 bits per heavy atom. The van der Waals surface area contributed by atoms with Crippen molar-refractivity contribution in [2.75, 3.05) is 12.4 Å². The van der Waals surface area contributed by atoms with E-state index in [4.69, 9.17) is 27.9 Å². The second-order valence-corrected chi connectivity index (χ2v) is 10.1. The predicted octanol–water partition coefficient (Wildman–Crippen LogP) is 6.68. The summed E-state index contributed by atoms with van der Waals surface area (Å²) in [7, 11) is 1.57. The molecular formula is C26H21Cl2F2N3O4S. The van der Waals surface area contributed by atoms with Gasteiger partial charge in [-0.1, -0.05) is 35.5 Å². The van der Waals surface area contributed by atoms with Crippen molar-refractivity contribution in [1.82, 2.24) is 4.90 Å². The molecule has 1 fully saturated rings. The van der Waals surface area contributed by atoms with E-state index in [1.165, 1.54) is 29.2 Å². The number of ether oxygens (including phenoxy) is 2. The van der Waals surface area contributed by atoms with Crippen LogP contribution in [0.3, 0.4) is 0 Å². The number of amides is 2. The summed E-state index contributed by atoms with van der Waals surface area (Å²) in [5.41, 5.74) is -2.08. The number of thioether (sulfide) groups is 1. The maximum Gasteiger partial charge on any atom is 0.487 e. The number of methoxy groups -OCH3 is 1. The number of alkyl halides is 3. The second kappa shape index (κ2) is 12.0. The Morgan fingerprint density at radius 2 is 1.71 bits per heavy atom. The molecule has 7 nitrogen and oxygen atoms in total. The van der Waals surface area contributed by atoms with Crippen LogP contribution in [0.4, 0.5) is 20.2 Å². The molecule has 12 heteroatoms. The van der Waals surface area contributed by atoms with Gasteiger partial charge in [0, 0.05) is 28.7 Å². The Labute approximate surface area is 231 Å². The van der Waals surface area contributed by atoms with Gasteiger partial charge < -0.3 is 14.8 Å². The molecule has 198 valence electrons. The number of hydrogen-bond acceptors (Lipinski definition) is 6. The minimum absolute atomic E-state index is 0.0635. The molecule has 1 N–H and O–H groups in total. The average Bonchev–Trinajstić information content (AvgIpc) is 2.88. The number of aliphatic imine (C=N–C) groups is 1. The molecule has 3 aromatic rings. The van der Waals surface area contributed by atoms with Crippen LogP contribution in [0.25, 0.3) is 0 Å². The maximum atomic E-state index is 13.2. The summed E-state index contributed by atoms with van der Waals surface area (Å²) in [5, 5.41) is 2.82. The number of amidine groups is 1. The highest BCUT2D eigenvalue weighted by Crippen LogP contribution is 2.32. The summed E-state index contributed by atoms with van der Waals surface area (Å²) in [6.07, 6.45) is -0.0635. The average molecular weight is 580 g/mol. The number of halogens is 4. The molecule has 38 heavy (non-hydrogen) atoms. The molecule has 1 heterocycles. The molecule has 0 radical (unpaired) electrons. The highest BCUT2D eigenvalue weighted by Gasteiger charge is 2.36. The molecule has 0 aliphatic carbocycles. The van der Waals surface area contributed by atoms with Gasteiger partial charge >= 0.3 is 5.57 Å². The molecule has 1 unspecified atom stereocenters. The van der Waals surface area contributed by atoms with Gasteiger partial charge in [0.15, 0.2) is 5.17 Å². The minimum atomic E-state index is -3.85. The predicted molar refractivity (Wildman–Crippen MR) is 145 cm³/mol. The number of hydrogen-bond donors (Lipinski definition) is 1. The first kappa shape index (κ1) is 27.7. The van der Waals surface area contributed by atoms with Crippen LogP contribution in [0.5, 0.6) is 11.5 Å². The summed E-state index contributed by atoms with van der Waals surface area (Å²) >= 11 is 11.9. The molecule has 0 saturated carbocycles. The van der Waals surface area contributed by atoms with Crippen molar-refractivity contribution in [2.24, 2.45) is 4.99 Å². The molecule has 0 aromatic heterocycles. The number of anilines is 1. The van der Waals surface area contributed by atoms with Crippen molar-refractivity contribution in [3.05, 3.63) is 83.4 Å². The van der Waals surface area contributed by atoms with Crippen LogP contribution in [0.2, 0.25) is 5.02 Å². The SMILES string of the molecule is COc1ccc(CN2C(=O)CC(C(=O)Nc3ccc(OC(F)(F)Cl)cc3)SC2=Nc2ccc(Cl)cc2)cc1. The standard InChI is InChI=1S/C26H21Cl2F2N3O4S/c1-36-20-10-2-16(3-11-20)15-33-23(34)14-22(38-25(33)32-19-6-4-17(27)5-7-19)24(35)31-18-8-12-21(13-9-18)37-26(28,29)30/h2-13,22H,14-15H2,1H3,(H,31,35). The smallest absolute Gasteiger partial charge is 0.487 e. The van der Waals surface area contributed by atoms with Crippen LogP contribution >= 0.6 is 35.0 Å². The largest absolute Gasteiger partial charge is 0.497 e. The number of carbonyl (C=O) groups excluding carboxylic acids is 2. The second-order valence-electron chi connectivity index (χ2n) is 8.07. The lowest BCUT2D eigenvalue weighted by Crippen LogP contribution is -2.44. The third-order valence-corrected chi connectivity index (χ3v) is 6.86. The fourth-order valence-corrected chi connectivity index (χ4v) is 4.81. The van der Waals surface area contributed by atoms with Crippen LogP contribution in [0.15, 0.2) is 77.8 Å². The summed E-state index contributed by atoms with van der Waals surface area (Å²) in [6, 6.07) is 19.4. The first-order valence-electron chi connectivity index (χ1n) is 11.2. The van der Waals surface area contributed by atoms with Gasteiger partial charge in [-0.15, -0.1) is 8.78 Å². The van der Waals surface area contributed by atoms with Crippen LogP contribution in [0.1, 0.15) is 12.0 Å². The zero-order chi connectivity index (χ0) is 27.3. The first-order valence-corrected chi connectivity index (χ1v) is 12.8. The maximum absolute atomic E-state index is 13.2. The lowest BCUT2D eigenvalue weighted by Gasteiger charge is -2.32. The van der Waals surface area contributed by atoms with Crippen LogP contribution < -0.4 is 14.8 Å². The molecule has 1 saturated heterocycles. The van der Waals surface area contributed by atoms with Crippen molar-refractivity contribution in [2.45, 2.75) is 23.8 Å². The van der Waals surface area contributed by atoms with Crippen molar-refractivity contribution in [3.63, 3.8) is 0 Å². The van der Waals surface area contributed by atoms with Gasteiger partial charge in [-0.25, -0.2) is 4.99 Å². The van der Waals surface area contributed by atoms with Gasteiger partial charge in [-0.05, 0) is 66.2 Å². The molecular weight excluding hydrogens is 559 g/mol. The topological polar surface area (TPSA) is 80.2 Å². The number of rotatable bonds is 8. The zero-order valence-corrected chi connectivity index (χ0v) is 22.2.